The molecule has 2 aliphatic rings. The Hall–Kier alpha value is -1.56. The van der Waals surface area contributed by atoms with E-state index in [0.29, 0.717) is 29.7 Å². The number of hydrogen-bond acceptors (Lipinski definition) is 3. The van der Waals surface area contributed by atoms with E-state index in [-0.39, 0.29) is 16.6 Å². The Balaban J connectivity index is 1.87. The van der Waals surface area contributed by atoms with Gasteiger partial charge in [-0.25, -0.2) is 13.8 Å². The molecule has 3 atom stereocenters. The maximum absolute atomic E-state index is 13.4. The Morgan fingerprint density at radius 2 is 1.95 bits per heavy atom. The second-order valence-electron chi connectivity index (χ2n) is 6.34. The molecule has 0 radical (unpaired) electrons. The fourth-order valence-electron chi connectivity index (χ4n) is 3.66. The van der Waals surface area contributed by atoms with Gasteiger partial charge in [0.05, 0.1) is 0 Å². The van der Waals surface area contributed by atoms with Crippen LogP contribution in [-0.4, -0.2) is 20.5 Å². The Morgan fingerprint density at radius 1 is 1.32 bits per heavy atom. The first-order chi connectivity index (χ1) is 10.3. The van der Waals surface area contributed by atoms with Crippen LogP contribution in [0.25, 0.3) is 5.65 Å². The van der Waals surface area contributed by atoms with Gasteiger partial charge in [0.1, 0.15) is 0 Å². The Kier molecular flexibility index (Phi) is 2.72. The molecule has 2 saturated carbocycles. The molecule has 4 nitrogen and oxygen atoms in total. The van der Waals surface area contributed by atoms with Crippen molar-refractivity contribution in [3.63, 3.8) is 0 Å². The van der Waals surface area contributed by atoms with Gasteiger partial charge >= 0.3 is 0 Å². The monoisotopic (exact) mass is 325 g/mol. The Morgan fingerprint density at radius 3 is 2.59 bits per heavy atom. The maximum Gasteiger partial charge on any atom is 0.277 e. The van der Waals surface area contributed by atoms with E-state index < -0.39 is 17.8 Å². The van der Waals surface area contributed by atoms with Crippen molar-refractivity contribution in [3.05, 3.63) is 38.4 Å². The fraction of sp³-hybridized carbons (Fsp3) is 0.533. The molecule has 1 unspecified atom stereocenters. The van der Waals surface area contributed by atoms with E-state index >= 15 is 0 Å². The lowest BCUT2D eigenvalue weighted by Gasteiger charge is -2.17. The molecule has 0 bridgehead atoms. The number of halogens is 3. The number of rotatable bonds is 1. The zero-order valence-corrected chi connectivity index (χ0v) is 12.9. The van der Waals surface area contributed by atoms with Crippen molar-refractivity contribution in [2.75, 3.05) is 0 Å². The summed E-state index contributed by atoms with van der Waals surface area (Å²) in [6, 6.07) is 1.66. The summed E-state index contributed by atoms with van der Waals surface area (Å²) in [6.45, 7) is 3.44. The standard InChI is InChI=1S/C15H14ClF2N3O/c1-6-7(2)19-13-9(5-12(16)20-21(13)14(6)22)8-3-10-11(4-8)15(10,17)18/h5,8,10-11H,3-4H2,1-2H3/t8?,10-,11+. The average molecular weight is 326 g/mol. The van der Waals surface area contributed by atoms with Gasteiger partial charge < -0.3 is 0 Å². The number of hydrogen-bond donors (Lipinski definition) is 0. The van der Waals surface area contributed by atoms with Crippen molar-refractivity contribution in [2.45, 2.75) is 38.5 Å². The van der Waals surface area contributed by atoms with Crippen molar-refractivity contribution in [2.24, 2.45) is 11.8 Å². The molecule has 2 aromatic rings. The maximum atomic E-state index is 13.4. The summed E-state index contributed by atoms with van der Waals surface area (Å²) in [4.78, 5) is 16.8. The van der Waals surface area contributed by atoms with E-state index in [4.69, 9.17) is 11.6 Å². The first kappa shape index (κ1) is 14.1. The number of alkyl halides is 2. The first-order valence-electron chi connectivity index (χ1n) is 7.25. The SMILES string of the molecule is Cc1nc2c(C3C[C@@H]4[C@H](C3)C4(F)F)cc(Cl)nn2c(=O)c1C. The van der Waals surface area contributed by atoms with Crippen molar-refractivity contribution in [1.29, 1.82) is 0 Å². The highest BCUT2D eigenvalue weighted by Gasteiger charge is 2.71. The van der Waals surface area contributed by atoms with Gasteiger partial charge in [0.15, 0.2) is 10.8 Å². The van der Waals surface area contributed by atoms with E-state index in [1.165, 1.54) is 4.52 Å². The molecule has 2 aromatic heterocycles. The quantitative estimate of drug-likeness (QED) is 0.809. The summed E-state index contributed by atoms with van der Waals surface area (Å²) >= 11 is 6.02. The molecule has 0 saturated heterocycles. The van der Waals surface area contributed by atoms with Gasteiger partial charge in [-0.15, -0.1) is 0 Å². The molecule has 0 aliphatic heterocycles. The zero-order chi connectivity index (χ0) is 15.8. The van der Waals surface area contributed by atoms with Crippen molar-refractivity contribution < 1.29 is 8.78 Å². The van der Waals surface area contributed by atoms with E-state index in [9.17, 15) is 13.6 Å². The lowest BCUT2D eigenvalue weighted by Crippen LogP contribution is -2.23. The molecular formula is C15H14ClF2N3O. The van der Waals surface area contributed by atoms with Crippen LogP contribution < -0.4 is 5.56 Å². The predicted molar refractivity (Wildman–Crippen MR) is 77.6 cm³/mol. The van der Waals surface area contributed by atoms with Gasteiger partial charge in [0.25, 0.3) is 11.5 Å². The molecular weight excluding hydrogens is 312 g/mol. The van der Waals surface area contributed by atoms with Crippen LogP contribution in [0.15, 0.2) is 10.9 Å². The van der Waals surface area contributed by atoms with E-state index in [1.54, 1.807) is 19.9 Å². The average Bonchev–Trinajstić information content (AvgIpc) is 2.84. The number of fused-ring (bicyclic) bond motifs is 2. The van der Waals surface area contributed by atoms with Crippen LogP contribution in [0.1, 0.15) is 35.6 Å². The molecule has 4 rings (SSSR count). The van der Waals surface area contributed by atoms with Crippen LogP contribution >= 0.6 is 11.6 Å². The van der Waals surface area contributed by atoms with Gasteiger partial charge in [0.2, 0.25) is 0 Å². The molecule has 116 valence electrons. The molecule has 2 aliphatic carbocycles. The van der Waals surface area contributed by atoms with Crippen molar-refractivity contribution in [3.8, 4) is 0 Å². The Bertz CT molecular complexity index is 850. The molecule has 0 aromatic carbocycles. The molecule has 2 fully saturated rings. The summed E-state index contributed by atoms with van der Waals surface area (Å²) in [6.07, 6.45) is 0.826. The second kappa shape index (κ2) is 4.25. The van der Waals surface area contributed by atoms with E-state index in [1.807, 2.05) is 0 Å². The predicted octanol–water partition coefficient (Wildman–Crippen LogP) is 3.12. The number of aryl methyl sites for hydroxylation is 1. The summed E-state index contributed by atoms with van der Waals surface area (Å²) in [5.41, 5.74) is 2.07. The van der Waals surface area contributed by atoms with Crippen LogP contribution in [0.3, 0.4) is 0 Å². The topological polar surface area (TPSA) is 47.3 Å². The molecule has 22 heavy (non-hydrogen) atoms. The summed E-state index contributed by atoms with van der Waals surface area (Å²) in [5.74, 6) is -3.63. The first-order valence-corrected chi connectivity index (χ1v) is 7.63. The highest BCUT2D eigenvalue weighted by Crippen LogP contribution is 2.67. The van der Waals surface area contributed by atoms with Crippen LogP contribution in [0.4, 0.5) is 8.78 Å². The molecule has 7 heteroatoms. The molecule has 0 spiro atoms. The van der Waals surface area contributed by atoms with E-state index in [2.05, 4.69) is 10.1 Å². The van der Waals surface area contributed by atoms with Crippen LogP contribution in [0, 0.1) is 25.7 Å². The van der Waals surface area contributed by atoms with E-state index in [0.717, 1.165) is 5.56 Å². The molecule has 0 N–H and O–H groups in total. The highest BCUT2D eigenvalue weighted by molar-refractivity contribution is 6.29. The van der Waals surface area contributed by atoms with Gasteiger partial charge in [-0.1, -0.05) is 11.6 Å². The second-order valence-corrected chi connectivity index (χ2v) is 6.73. The normalized spacial score (nSPS) is 28.9. The zero-order valence-electron chi connectivity index (χ0n) is 12.1. The van der Waals surface area contributed by atoms with Gasteiger partial charge in [-0.2, -0.15) is 9.61 Å². The van der Waals surface area contributed by atoms with Crippen LogP contribution in [-0.2, 0) is 0 Å². The lowest BCUT2D eigenvalue weighted by molar-refractivity contribution is 0.0696. The minimum atomic E-state index is -2.51. The Labute approximate surface area is 130 Å². The lowest BCUT2D eigenvalue weighted by atomic mass is 9.94. The third-order valence-electron chi connectivity index (χ3n) is 5.14. The van der Waals surface area contributed by atoms with Crippen LogP contribution in [0.2, 0.25) is 5.15 Å². The van der Waals surface area contributed by atoms with Gasteiger partial charge in [-0.05, 0) is 38.7 Å². The number of nitrogens with zero attached hydrogens (tertiary/aromatic N) is 3. The minimum Gasteiger partial charge on any atom is -0.267 e. The fourth-order valence-corrected chi connectivity index (χ4v) is 3.86. The van der Waals surface area contributed by atoms with Crippen molar-refractivity contribution in [1.82, 2.24) is 14.6 Å². The van der Waals surface area contributed by atoms with Gasteiger partial charge in [0, 0.05) is 28.7 Å². The van der Waals surface area contributed by atoms with Crippen molar-refractivity contribution >= 4 is 17.2 Å². The molecule has 0 amide bonds. The van der Waals surface area contributed by atoms with Gasteiger partial charge in [-0.3, -0.25) is 4.79 Å². The number of aromatic nitrogens is 3. The smallest absolute Gasteiger partial charge is 0.267 e. The third-order valence-corrected chi connectivity index (χ3v) is 5.33. The summed E-state index contributed by atoms with van der Waals surface area (Å²) in [5, 5.41) is 4.21. The summed E-state index contributed by atoms with van der Waals surface area (Å²) in [7, 11) is 0. The molecule has 2 heterocycles. The minimum absolute atomic E-state index is 0.0425. The highest BCUT2D eigenvalue weighted by atomic mass is 35.5. The third kappa shape index (κ3) is 1.76. The van der Waals surface area contributed by atoms with Crippen LogP contribution in [0.5, 0.6) is 0 Å². The summed E-state index contributed by atoms with van der Waals surface area (Å²) < 4.78 is 28.0. The largest absolute Gasteiger partial charge is 0.277 e.